The van der Waals surface area contributed by atoms with E-state index in [4.69, 9.17) is 24.4 Å². The molecular weight excluding hydrogens is 492 g/mol. The zero-order chi connectivity index (χ0) is 25.3. The molecule has 0 spiro atoms. The zero-order valence-corrected chi connectivity index (χ0v) is 18.3. The van der Waals surface area contributed by atoms with Crippen molar-refractivity contribution in [3.8, 4) is 0 Å². The highest BCUT2D eigenvalue weighted by Crippen LogP contribution is 2.13. The lowest BCUT2D eigenvalue weighted by atomic mass is 10.2. The number of benzene rings is 2. The Morgan fingerprint density at radius 1 is 0.676 bits per heavy atom. The number of hydrogen-bond acceptors (Lipinski definition) is 9. The molecule has 34 heavy (non-hydrogen) atoms. The van der Waals surface area contributed by atoms with Gasteiger partial charge >= 0.3 is 6.03 Å². The van der Waals surface area contributed by atoms with Crippen LogP contribution >= 0.6 is 24.4 Å². The molecule has 15 nitrogen and oxygen atoms in total. The Bertz CT molecular complexity index is 1100. The predicted molar refractivity (Wildman–Crippen MR) is 124 cm³/mol. The standard InChI is InChI=1S/C17H14N8O7S2/c26-13(9-3-1-5-11(7-9)24(29)30)18-16(33)22-20-15(28)21-23-17(34)19-14(27)10-4-2-6-12(8-10)25(31)32/h1-8H,(H2,20,21,28)(H2,18,22,26,33)(H2,19,23,27,34). The van der Waals surface area contributed by atoms with Crippen LogP contribution in [0.25, 0.3) is 0 Å². The number of carbonyl (C=O) groups is 3. The summed E-state index contributed by atoms with van der Waals surface area (Å²) in [7, 11) is 0. The third kappa shape index (κ3) is 7.73. The number of amides is 4. The van der Waals surface area contributed by atoms with E-state index >= 15 is 0 Å². The lowest BCUT2D eigenvalue weighted by Gasteiger charge is -2.13. The number of rotatable bonds is 4. The molecule has 6 N–H and O–H groups in total. The smallest absolute Gasteiger partial charge is 0.298 e. The van der Waals surface area contributed by atoms with Crippen LogP contribution in [0.5, 0.6) is 0 Å². The van der Waals surface area contributed by atoms with Crippen molar-refractivity contribution in [1.29, 1.82) is 0 Å². The molecule has 0 aliphatic heterocycles. The van der Waals surface area contributed by atoms with Gasteiger partial charge in [0.15, 0.2) is 10.2 Å². The molecule has 0 bridgehead atoms. The first kappa shape index (κ1) is 25.5. The van der Waals surface area contributed by atoms with Crippen LogP contribution < -0.4 is 32.3 Å². The highest BCUT2D eigenvalue weighted by atomic mass is 32.1. The van der Waals surface area contributed by atoms with Gasteiger partial charge in [-0.2, -0.15) is 0 Å². The van der Waals surface area contributed by atoms with Gasteiger partial charge in [-0.05, 0) is 36.6 Å². The van der Waals surface area contributed by atoms with Crippen LogP contribution in [0.2, 0.25) is 0 Å². The first-order chi connectivity index (χ1) is 16.1. The minimum Gasteiger partial charge on any atom is -0.298 e. The molecule has 0 saturated heterocycles. The van der Waals surface area contributed by atoms with E-state index in [1.807, 2.05) is 0 Å². The Morgan fingerprint density at radius 3 is 1.41 bits per heavy atom. The number of nitrogens with zero attached hydrogens (tertiary/aromatic N) is 2. The Kier molecular flexibility index (Phi) is 8.80. The van der Waals surface area contributed by atoms with Crippen LogP contribution in [0.3, 0.4) is 0 Å². The van der Waals surface area contributed by atoms with Crippen molar-refractivity contribution in [2.24, 2.45) is 0 Å². The van der Waals surface area contributed by atoms with Gasteiger partial charge in [0.1, 0.15) is 0 Å². The molecule has 176 valence electrons. The van der Waals surface area contributed by atoms with Crippen molar-refractivity contribution in [2.75, 3.05) is 0 Å². The SMILES string of the molecule is O=C(NNC(=S)NC(=O)c1cccc([N+](=O)[O-])c1)NNC(=S)NC(=O)c1cccc([N+](=O)[O-])c1. The number of nitro groups is 2. The molecule has 0 heterocycles. The molecule has 2 aromatic rings. The van der Waals surface area contributed by atoms with Crippen LogP contribution in [0.15, 0.2) is 48.5 Å². The Hall–Kier alpha value is -4.77. The Balaban J connectivity index is 1.75. The monoisotopic (exact) mass is 506 g/mol. The summed E-state index contributed by atoms with van der Waals surface area (Å²) in [5.41, 5.74) is 7.86. The summed E-state index contributed by atoms with van der Waals surface area (Å²) in [4.78, 5) is 56.1. The van der Waals surface area contributed by atoms with E-state index in [1.54, 1.807) is 0 Å². The second-order valence-corrected chi connectivity index (χ2v) is 6.83. The fourth-order valence-electron chi connectivity index (χ4n) is 2.19. The molecular formula is C17H14N8O7S2. The van der Waals surface area contributed by atoms with E-state index < -0.39 is 27.7 Å². The second-order valence-electron chi connectivity index (χ2n) is 6.01. The maximum absolute atomic E-state index is 12.1. The number of hydrogen-bond donors (Lipinski definition) is 6. The van der Waals surface area contributed by atoms with Gasteiger partial charge in [0.2, 0.25) is 0 Å². The number of non-ortho nitro benzene ring substituents is 2. The van der Waals surface area contributed by atoms with Crippen LogP contribution in [-0.2, 0) is 0 Å². The van der Waals surface area contributed by atoms with Gasteiger partial charge in [0.05, 0.1) is 9.85 Å². The first-order valence-electron chi connectivity index (χ1n) is 8.84. The van der Waals surface area contributed by atoms with Crippen molar-refractivity contribution < 1.29 is 24.2 Å². The van der Waals surface area contributed by atoms with Gasteiger partial charge in [0.25, 0.3) is 23.2 Å². The van der Waals surface area contributed by atoms with E-state index in [-0.39, 0.29) is 32.7 Å². The van der Waals surface area contributed by atoms with Crippen LogP contribution in [-0.4, -0.2) is 37.9 Å². The average Bonchev–Trinajstić information content (AvgIpc) is 2.81. The van der Waals surface area contributed by atoms with E-state index in [1.165, 1.54) is 36.4 Å². The molecule has 0 atom stereocenters. The van der Waals surface area contributed by atoms with E-state index in [9.17, 15) is 34.6 Å². The molecule has 4 amide bonds. The molecule has 2 rings (SSSR count). The van der Waals surface area contributed by atoms with Gasteiger partial charge in [0, 0.05) is 35.4 Å². The summed E-state index contributed by atoms with van der Waals surface area (Å²) >= 11 is 9.68. The molecule has 0 aliphatic carbocycles. The normalized spacial score (nSPS) is 9.65. The maximum Gasteiger partial charge on any atom is 0.352 e. The quantitative estimate of drug-likeness (QED) is 0.191. The molecule has 0 unspecified atom stereocenters. The summed E-state index contributed by atoms with van der Waals surface area (Å²) in [6, 6.07) is 8.89. The van der Waals surface area contributed by atoms with Crippen molar-refractivity contribution >= 4 is 63.9 Å². The fraction of sp³-hybridized carbons (Fsp3) is 0. The number of urea groups is 1. The molecule has 2 aromatic carbocycles. The van der Waals surface area contributed by atoms with Crippen LogP contribution in [0, 0.1) is 20.2 Å². The van der Waals surface area contributed by atoms with E-state index in [0.717, 1.165) is 12.1 Å². The van der Waals surface area contributed by atoms with Crippen molar-refractivity contribution in [1.82, 2.24) is 32.3 Å². The van der Waals surface area contributed by atoms with E-state index in [2.05, 4.69) is 32.3 Å². The number of thiocarbonyl (C=S) groups is 2. The third-order valence-electron chi connectivity index (χ3n) is 3.67. The van der Waals surface area contributed by atoms with Crippen molar-refractivity contribution in [2.45, 2.75) is 0 Å². The molecule has 0 fully saturated rings. The minimum absolute atomic E-state index is 0.0330. The van der Waals surface area contributed by atoms with Gasteiger partial charge in [-0.15, -0.1) is 0 Å². The maximum atomic E-state index is 12.1. The minimum atomic E-state index is -0.932. The second kappa shape index (κ2) is 11.7. The molecule has 0 aliphatic rings. The number of nitrogens with one attached hydrogen (secondary N) is 6. The lowest BCUT2D eigenvalue weighted by molar-refractivity contribution is -0.385. The van der Waals surface area contributed by atoms with Crippen molar-refractivity contribution in [3.63, 3.8) is 0 Å². The molecule has 17 heteroatoms. The summed E-state index contributed by atoms with van der Waals surface area (Å²) in [6.45, 7) is 0. The first-order valence-corrected chi connectivity index (χ1v) is 9.66. The highest BCUT2D eigenvalue weighted by Gasteiger charge is 2.14. The number of carbonyl (C=O) groups excluding carboxylic acids is 3. The lowest BCUT2D eigenvalue weighted by Crippen LogP contribution is -2.56. The molecule has 0 saturated carbocycles. The highest BCUT2D eigenvalue weighted by molar-refractivity contribution is 7.80. The van der Waals surface area contributed by atoms with Gasteiger partial charge in [-0.1, -0.05) is 12.1 Å². The topological polar surface area (TPSA) is 210 Å². The van der Waals surface area contributed by atoms with Gasteiger partial charge in [-0.25, -0.2) is 15.6 Å². The van der Waals surface area contributed by atoms with E-state index in [0.29, 0.717) is 0 Å². The predicted octanol–water partition coefficient (Wildman–Crippen LogP) is 0.541. The molecule has 0 radical (unpaired) electrons. The van der Waals surface area contributed by atoms with Crippen LogP contribution in [0.1, 0.15) is 20.7 Å². The van der Waals surface area contributed by atoms with Gasteiger partial charge < -0.3 is 0 Å². The number of hydrazine groups is 2. The summed E-state index contributed by atoms with van der Waals surface area (Å²) in [5.74, 6) is -1.52. The van der Waals surface area contributed by atoms with Gasteiger partial charge in [-0.3, -0.25) is 51.3 Å². The Labute approximate surface area is 200 Å². The largest absolute Gasteiger partial charge is 0.352 e. The van der Waals surface area contributed by atoms with Crippen molar-refractivity contribution in [3.05, 3.63) is 79.9 Å². The van der Waals surface area contributed by atoms with Crippen LogP contribution in [0.4, 0.5) is 16.2 Å². The average molecular weight is 506 g/mol. The summed E-state index contributed by atoms with van der Waals surface area (Å²) in [6.07, 6.45) is 0. The molecule has 0 aromatic heterocycles. The Morgan fingerprint density at radius 2 is 1.06 bits per heavy atom. The summed E-state index contributed by atoms with van der Waals surface area (Å²) in [5, 5.41) is 25.3. The third-order valence-corrected chi connectivity index (χ3v) is 4.08. The summed E-state index contributed by atoms with van der Waals surface area (Å²) < 4.78 is 0. The number of nitro benzene ring substituents is 2. The fourth-order valence-corrected chi connectivity index (χ4v) is 2.48. The zero-order valence-electron chi connectivity index (χ0n) is 16.7.